The molecule has 0 aliphatic carbocycles. The van der Waals surface area contributed by atoms with E-state index in [-0.39, 0.29) is 29.4 Å². The average molecular weight is 467 g/mol. The van der Waals surface area contributed by atoms with Crippen LogP contribution < -0.4 is 0 Å². The average Bonchev–Trinajstić information content (AvgIpc) is 2.84. The second kappa shape index (κ2) is 10.4. The zero-order chi connectivity index (χ0) is 23.3. The maximum absolute atomic E-state index is 13.0. The molecule has 2 aliphatic heterocycles. The third kappa shape index (κ3) is 5.60. The summed E-state index contributed by atoms with van der Waals surface area (Å²) in [5.41, 5.74) is 0.804. The number of hydrogen-bond donors (Lipinski definition) is 1. The predicted molar refractivity (Wildman–Crippen MR) is 130 cm³/mol. The fourth-order valence-corrected chi connectivity index (χ4v) is 5.21. The lowest BCUT2D eigenvalue weighted by Gasteiger charge is -2.38. The molecule has 0 saturated carbocycles. The molecule has 2 aromatic rings. The molecule has 7 heteroatoms. The number of esters is 1. The number of amides is 1. The zero-order valence-corrected chi connectivity index (χ0v) is 19.7. The monoisotopic (exact) mass is 466 g/mol. The molecule has 33 heavy (non-hydrogen) atoms. The third-order valence-corrected chi connectivity index (χ3v) is 7.48. The van der Waals surface area contributed by atoms with Crippen LogP contribution in [0.3, 0.4) is 0 Å². The quantitative estimate of drug-likeness (QED) is 0.620. The fraction of sp³-hybridized carbons (Fsp3) is 0.385. The number of carbonyl (C=O) groups is 2. The van der Waals surface area contributed by atoms with Crippen LogP contribution in [-0.4, -0.2) is 60.0 Å². The van der Waals surface area contributed by atoms with Gasteiger partial charge in [-0.3, -0.25) is 4.79 Å². The van der Waals surface area contributed by atoms with E-state index in [1.54, 1.807) is 0 Å². The second-order valence-corrected chi connectivity index (χ2v) is 9.65. The first-order valence-corrected chi connectivity index (χ1v) is 12.3. The van der Waals surface area contributed by atoms with Crippen molar-refractivity contribution in [1.29, 1.82) is 0 Å². The number of thioether (sulfide) groups is 1. The van der Waals surface area contributed by atoms with Crippen LogP contribution in [-0.2, 0) is 25.7 Å². The Hall–Kier alpha value is -2.77. The lowest BCUT2D eigenvalue weighted by atomic mass is 9.83. The highest BCUT2D eigenvalue weighted by atomic mass is 32.2. The van der Waals surface area contributed by atoms with E-state index in [9.17, 15) is 14.7 Å². The van der Waals surface area contributed by atoms with Gasteiger partial charge in [0.05, 0.1) is 6.42 Å². The molecule has 2 heterocycles. The van der Waals surface area contributed by atoms with E-state index in [0.29, 0.717) is 25.3 Å². The van der Waals surface area contributed by atoms with E-state index in [1.165, 1.54) is 11.8 Å². The molecule has 0 radical (unpaired) electrons. The van der Waals surface area contributed by atoms with Crippen LogP contribution in [0.25, 0.3) is 0 Å². The van der Waals surface area contributed by atoms with Gasteiger partial charge in [-0.2, -0.15) is 0 Å². The number of rotatable bonds is 7. The number of hydrogen-bond acceptors (Lipinski definition) is 6. The Bertz CT molecular complexity index is 1000. The van der Waals surface area contributed by atoms with Gasteiger partial charge in [0.2, 0.25) is 5.91 Å². The van der Waals surface area contributed by atoms with Crippen molar-refractivity contribution in [2.75, 3.05) is 33.2 Å². The standard InChI is InChI=1S/C26H30N2O4S/c1-27-14-16-28(17-15-27)23(30)12-13-26(21-10-6-3-7-11-21)18-22(29)24(25(31)32-26)33-19-20-8-4-2-5-9-20/h2-11,29H,12-19H2,1H3. The molecule has 1 unspecified atom stereocenters. The first-order valence-electron chi connectivity index (χ1n) is 11.3. The minimum atomic E-state index is -1.05. The molecule has 174 valence electrons. The van der Waals surface area contributed by atoms with Crippen molar-refractivity contribution in [3.63, 3.8) is 0 Å². The number of aliphatic hydroxyl groups excluding tert-OH is 1. The molecule has 0 aromatic heterocycles. The summed E-state index contributed by atoms with van der Waals surface area (Å²) in [6.07, 6.45) is 0.746. The molecule has 2 aromatic carbocycles. The summed E-state index contributed by atoms with van der Waals surface area (Å²) >= 11 is 1.29. The van der Waals surface area contributed by atoms with Gasteiger partial charge in [0.25, 0.3) is 0 Å². The third-order valence-electron chi connectivity index (χ3n) is 6.31. The Morgan fingerprint density at radius 1 is 1.03 bits per heavy atom. The highest BCUT2D eigenvalue weighted by Crippen LogP contribution is 2.44. The van der Waals surface area contributed by atoms with Gasteiger partial charge in [-0.05, 0) is 18.2 Å². The van der Waals surface area contributed by atoms with Crippen molar-refractivity contribution in [3.05, 3.63) is 82.5 Å². The maximum atomic E-state index is 13.0. The summed E-state index contributed by atoms with van der Waals surface area (Å²) in [6.45, 7) is 3.13. The molecule has 2 aliphatic rings. The van der Waals surface area contributed by atoms with E-state index in [2.05, 4.69) is 11.9 Å². The molecule has 1 amide bonds. The summed E-state index contributed by atoms with van der Waals surface area (Å²) in [5, 5.41) is 10.9. The van der Waals surface area contributed by atoms with E-state index in [4.69, 9.17) is 4.74 Å². The predicted octanol–water partition coefficient (Wildman–Crippen LogP) is 4.09. The van der Waals surface area contributed by atoms with Crippen LogP contribution >= 0.6 is 11.8 Å². The van der Waals surface area contributed by atoms with Gasteiger partial charge in [-0.25, -0.2) is 4.79 Å². The molecule has 1 fully saturated rings. The smallest absolute Gasteiger partial charge is 0.348 e. The van der Waals surface area contributed by atoms with Gasteiger partial charge in [0, 0.05) is 44.8 Å². The largest absolute Gasteiger partial charge is 0.511 e. The number of likely N-dealkylation sites (N-methyl/N-ethyl adjacent to an activating group) is 1. The molecular formula is C26H30N2O4S. The van der Waals surface area contributed by atoms with Crippen molar-refractivity contribution >= 4 is 23.6 Å². The Kier molecular flexibility index (Phi) is 7.40. The van der Waals surface area contributed by atoms with E-state index < -0.39 is 11.6 Å². The summed E-state index contributed by atoms with van der Waals surface area (Å²) in [4.78, 5) is 30.3. The van der Waals surface area contributed by atoms with Gasteiger partial charge in [0.15, 0.2) is 0 Å². The molecule has 1 atom stereocenters. The van der Waals surface area contributed by atoms with Gasteiger partial charge in [-0.1, -0.05) is 60.7 Å². The topological polar surface area (TPSA) is 70.1 Å². The highest BCUT2D eigenvalue weighted by Gasteiger charge is 2.44. The Morgan fingerprint density at radius 2 is 1.67 bits per heavy atom. The Balaban J connectivity index is 1.51. The number of aliphatic hydroxyl groups is 1. The summed E-state index contributed by atoms with van der Waals surface area (Å²) in [6, 6.07) is 19.2. The van der Waals surface area contributed by atoms with E-state index in [1.807, 2.05) is 65.6 Å². The molecule has 4 rings (SSSR count). The van der Waals surface area contributed by atoms with E-state index in [0.717, 1.165) is 24.2 Å². The Morgan fingerprint density at radius 3 is 2.30 bits per heavy atom. The molecule has 0 bridgehead atoms. The lowest BCUT2D eigenvalue weighted by molar-refractivity contribution is -0.161. The van der Waals surface area contributed by atoms with Gasteiger partial charge >= 0.3 is 5.97 Å². The molecule has 1 N–H and O–H groups in total. The van der Waals surface area contributed by atoms with Crippen LogP contribution in [0.5, 0.6) is 0 Å². The molecule has 6 nitrogen and oxygen atoms in total. The summed E-state index contributed by atoms with van der Waals surface area (Å²) < 4.78 is 6.03. The van der Waals surface area contributed by atoms with Crippen molar-refractivity contribution in [2.45, 2.75) is 30.6 Å². The highest BCUT2D eigenvalue weighted by molar-refractivity contribution is 8.03. The summed E-state index contributed by atoms with van der Waals surface area (Å²) in [5.74, 6) is 0.121. The minimum Gasteiger partial charge on any atom is -0.511 e. The van der Waals surface area contributed by atoms with Gasteiger partial charge < -0.3 is 19.6 Å². The van der Waals surface area contributed by atoms with Crippen molar-refractivity contribution in [1.82, 2.24) is 9.80 Å². The number of benzene rings is 2. The van der Waals surface area contributed by atoms with E-state index >= 15 is 0 Å². The molecule has 1 saturated heterocycles. The number of nitrogens with zero attached hydrogens (tertiary/aromatic N) is 2. The normalized spacial score (nSPS) is 21.7. The lowest BCUT2D eigenvalue weighted by Crippen LogP contribution is -2.47. The number of ether oxygens (including phenoxy) is 1. The zero-order valence-electron chi connectivity index (χ0n) is 18.9. The number of cyclic esters (lactones) is 1. The van der Waals surface area contributed by atoms with Crippen LogP contribution in [0.1, 0.15) is 30.4 Å². The fourth-order valence-electron chi connectivity index (χ4n) is 4.31. The second-order valence-electron chi connectivity index (χ2n) is 8.66. The van der Waals surface area contributed by atoms with Crippen molar-refractivity contribution in [2.24, 2.45) is 0 Å². The first-order chi connectivity index (χ1) is 16.0. The summed E-state index contributed by atoms with van der Waals surface area (Å²) in [7, 11) is 2.05. The van der Waals surface area contributed by atoms with Crippen molar-refractivity contribution in [3.8, 4) is 0 Å². The number of carbonyl (C=O) groups excluding carboxylic acids is 2. The number of piperazine rings is 1. The first kappa shape index (κ1) is 23.4. The maximum Gasteiger partial charge on any atom is 0.348 e. The van der Waals surface area contributed by atoms with Gasteiger partial charge in [0.1, 0.15) is 16.3 Å². The van der Waals surface area contributed by atoms with Gasteiger partial charge in [-0.15, -0.1) is 11.8 Å². The van der Waals surface area contributed by atoms with Crippen LogP contribution in [0.15, 0.2) is 71.3 Å². The minimum absolute atomic E-state index is 0.0306. The van der Waals surface area contributed by atoms with Crippen LogP contribution in [0.4, 0.5) is 0 Å². The molecular weight excluding hydrogens is 436 g/mol. The van der Waals surface area contributed by atoms with Crippen LogP contribution in [0.2, 0.25) is 0 Å². The van der Waals surface area contributed by atoms with Crippen molar-refractivity contribution < 1.29 is 19.4 Å². The SMILES string of the molecule is CN1CCN(C(=O)CCC2(c3ccccc3)CC(O)=C(SCc3ccccc3)C(=O)O2)CC1. The Labute approximate surface area is 199 Å². The van der Waals surface area contributed by atoms with Crippen LogP contribution in [0, 0.1) is 0 Å². The molecule has 0 spiro atoms.